The number of likely N-dealkylation sites (tertiary alicyclic amines) is 1. The number of amides is 1. The second-order valence-corrected chi connectivity index (χ2v) is 5.26. The van der Waals surface area contributed by atoms with Crippen LogP contribution in [0.3, 0.4) is 0 Å². The van der Waals surface area contributed by atoms with E-state index in [9.17, 15) is 4.79 Å². The molecule has 18 heavy (non-hydrogen) atoms. The first-order valence-electron chi connectivity index (χ1n) is 6.45. The topological polar surface area (TPSA) is 46.3 Å². The molecular formula is C14H19ClN2O. The van der Waals surface area contributed by atoms with Gasteiger partial charge in [0.2, 0.25) is 0 Å². The zero-order valence-electron chi connectivity index (χ0n) is 10.4. The minimum Gasteiger partial charge on any atom is -0.339 e. The Morgan fingerprint density at radius 2 is 1.89 bits per heavy atom. The van der Waals surface area contributed by atoms with E-state index < -0.39 is 0 Å². The molecule has 0 aliphatic carbocycles. The van der Waals surface area contributed by atoms with Crippen LogP contribution in [0.1, 0.15) is 29.6 Å². The van der Waals surface area contributed by atoms with E-state index in [-0.39, 0.29) is 5.91 Å². The fourth-order valence-electron chi connectivity index (χ4n) is 2.44. The fraction of sp³-hybridized carbons (Fsp3) is 0.500. The molecule has 0 saturated carbocycles. The van der Waals surface area contributed by atoms with Crippen LogP contribution in [0.5, 0.6) is 0 Å². The molecule has 1 aliphatic heterocycles. The molecule has 3 nitrogen and oxygen atoms in total. The van der Waals surface area contributed by atoms with Crippen molar-refractivity contribution in [2.24, 2.45) is 11.7 Å². The number of nitrogens with two attached hydrogens (primary N) is 1. The number of carbonyl (C=O) groups is 1. The summed E-state index contributed by atoms with van der Waals surface area (Å²) in [7, 11) is 0. The van der Waals surface area contributed by atoms with E-state index in [1.54, 1.807) is 24.3 Å². The molecule has 0 spiro atoms. The number of hydrogen-bond acceptors (Lipinski definition) is 2. The smallest absolute Gasteiger partial charge is 0.253 e. The lowest BCUT2D eigenvalue weighted by Crippen LogP contribution is -2.38. The van der Waals surface area contributed by atoms with Gasteiger partial charge >= 0.3 is 0 Å². The van der Waals surface area contributed by atoms with Gasteiger partial charge in [0, 0.05) is 23.7 Å². The predicted molar refractivity (Wildman–Crippen MR) is 73.8 cm³/mol. The standard InChI is InChI=1S/C14H19ClN2O/c15-13-3-1-12(2-4-13)14(18)17-9-6-11(5-8-16)7-10-17/h1-4,11H,5-10,16H2. The van der Waals surface area contributed by atoms with Gasteiger partial charge in [-0.25, -0.2) is 0 Å². The highest BCUT2D eigenvalue weighted by Gasteiger charge is 2.22. The van der Waals surface area contributed by atoms with E-state index >= 15 is 0 Å². The van der Waals surface area contributed by atoms with Crippen molar-refractivity contribution >= 4 is 17.5 Å². The third-order valence-electron chi connectivity index (χ3n) is 3.57. The molecule has 1 amide bonds. The van der Waals surface area contributed by atoms with Crippen LogP contribution in [0, 0.1) is 5.92 Å². The maximum Gasteiger partial charge on any atom is 0.253 e. The highest BCUT2D eigenvalue weighted by atomic mass is 35.5. The summed E-state index contributed by atoms with van der Waals surface area (Å²) in [6.45, 7) is 2.42. The molecule has 1 aromatic carbocycles. The van der Waals surface area contributed by atoms with Gasteiger partial charge in [-0.15, -0.1) is 0 Å². The highest BCUT2D eigenvalue weighted by Crippen LogP contribution is 2.21. The van der Waals surface area contributed by atoms with Crippen molar-refractivity contribution in [2.45, 2.75) is 19.3 Å². The number of halogens is 1. The Morgan fingerprint density at radius 1 is 1.28 bits per heavy atom. The average molecular weight is 267 g/mol. The summed E-state index contributed by atoms with van der Waals surface area (Å²) in [4.78, 5) is 14.2. The van der Waals surface area contributed by atoms with E-state index in [4.69, 9.17) is 17.3 Å². The predicted octanol–water partition coefficient (Wildman–Crippen LogP) is 2.54. The Balaban J connectivity index is 1.93. The van der Waals surface area contributed by atoms with E-state index in [0.717, 1.165) is 44.5 Å². The van der Waals surface area contributed by atoms with Gasteiger partial charge in [0.25, 0.3) is 5.91 Å². The minimum atomic E-state index is 0.109. The molecule has 1 fully saturated rings. The second-order valence-electron chi connectivity index (χ2n) is 4.82. The molecule has 1 saturated heterocycles. The zero-order valence-corrected chi connectivity index (χ0v) is 11.2. The summed E-state index contributed by atoms with van der Waals surface area (Å²) >= 11 is 5.82. The summed E-state index contributed by atoms with van der Waals surface area (Å²) in [5.41, 5.74) is 6.29. The Bertz CT molecular complexity index is 397. The van der Waals surface area contributed by atoms with Crippen molar-refractivity contribution < 1.29 is 4.79 Å². The number of rotatable bonds is 3. The molecule has 0 radical (unpaired) electrons. The largest absolute Gasteiger partial charge is 0.339 e. The first-order chi connectivity index (χ1) is 8.70. The van der Waals surface area contributed by atoms with Crippen molar-refractivity contribution in [2.75, 3.05) is 19.6 Å². The number of piperidine rings is 1. The molecular weight excluding hydrogens is 248 g/mol. The Morgan fingerprint density at radius 3 is 2.44 bits per heavy atom. The van der Waals surface area contributed by atoms with Crippen molar-refractivity contribution in [1.82, 2.24) is 4.90 Å². The van der Waals surface area contributed by atoms with Crippen molar-refractivity contribution in [1.29, 1.82) is 0 Å². The van der Waals surface area contributed by atoms with E-state index in [2.05, 4.69) is 0 Å². The quantitative estimate of drug-likeness (QED) is 0.914. The van der Waals surface area contributed by atoms with Gasteiger partial charge in [0.15, 0.2) is 0 Å². The summed E-state index contributed by atoms with van der Waals surface area (Å²) in [6, 6.07) is 7.10. The lowest BCUT2D eigenvalue weighted by Gasteiger charge is -2.32. The van der Waals surface area contributed by atoms with Gasteiger partial charge in [0.05, 0.1) is 0 Å². The van der Waals surface area contributed by atoms with Gasteiger partial charge in [0.1, 0.15) is 0 Å². The lowest BCUT2D eigenvalue weighted by molar-refractivity contribution is 0.0688. The zero-order chi connectivity index (χ0) is 13.0. The fourth-order valence-corrected chi connectivity index (χ4v) is 2.56. The molecule has 98 valence electrons. The van der Waals surface area contributed by atoms with Gasteiger partial charge in [-0.3, -0.25) is 4.79 Å². The Kier molecular flexibility index (Phi) is 4.61. The van der Waals surface area contributed by atoms with Crippen LogP contribution in [0.4, 0.5) is 0 Å². The van der Waals surface area contributed by atoms with Crippen LogP contribution < -0.4 is 5.73 Å². The number of carbonyl (C=O) groups excluding carboxylic acids is 1. The summed E-state index contributed by atoms with van der Waals surface area (Å²) in [5.74, 6) is 0.794. The maximum absolute atomic E-state index is 12.2. The average Bonchev–Trinajstić information content (AvgIpc) is 2.40. The highest BCUT2D eigenvalue weighted by molar-refractivity contribution is 6.30. The third-order valence-corrected chi connectivity index (χ3v) is 3.82. The molecule has 0 unspecified atom stereocenters. The van der Waals surface area contributed by atoms with Gasteiger partial charge in [-0.2, -0.15) is 0 Å². The molecule has 0 bridgehead atoms. The molecule has 2 rings (SSSR count). The van der Waals surface area contributed by atoms with Crippen LogP contribution in [0.15, 0.2) is 24.3 Å². The van der Waals surface area contributed by atoms with Gasteiger partial charge < -0.3 is 10.6 Å². The minimum absolute atomic E-state index is 0.109. The normalized spacial score (nSPS) is 16.9. The summed E-state index contributed by atoms with van der Waals surface area (Å²) in [6.07, 6.45) is 3.20. The Hall–Kier alpha value is -1.06. The molecule has 1 aromatic rings. The molecule has 1 aliphatic rings. The van der Waals surface area contributed by atoms with Crippen LogP contribution in [0.25, 0.3) is 0 Å². The number of benzene rings is 1. The van der Waals surface area contributed by atoms with Crippen LogP contribution in [-0.2, 0) is 0 Å². The van der Waals surface area contributed by atoms with E-state index in [0.29, 0.717) is 10.9 Å². The van der Waals surface area contributed by atoms with Crippen LogP contribution in [0.2, 0.25) is 5.02 Å². The van der Waals surface area contributed by atoms with Gasteiger partial charge in [-0.05, 0) is 56.0 Å². The third kappa shape index (κ3) is 3.24. The van der Waals surface area contributed by atoms with Crippen molar-refractivity contribution in [3.63, 3.8) is 0 Å². The van der Waals surface area contributed by atoms with E-state index in [1.807, 2.05) is 4.90 Å². The maximum atomic E-state index is 12.2. The number of nitrogens with zero attached hydrogens (tertiary/aromatic N) is 1. The summed E-state index contributed by atoms with van der Waals surface area (Å²) < 4.78 is 0. The van der Waals surface area contributed by atoms with Crippen LogP contribution in [-0.4, -0.2) is 30.4 Å². The first-order valence-corrected chi connectivity index (χ1v) is 6.83. The Labute approximate surface area is 113 Å². The molecule has 2 N–H and O–H groups in total. The van der Waals surface area contributed by atoms with Crippen molar-refractivity contribution in [3.05, 3.63) is 34.9 Å². The monoisotopic (exact) mass is 266 g/mol. The van der Waals surface area contributed by atoms with E-state index in [1.165, 1.54) is 0 Å². The molecule has 0 atom stereocenters. The number of hydrogen-bond donors (Lipinski definition) is 1. The van der Waals surface area contributed by atoms with Crippen LogP contribution >= 0.6 is 11.6 Å². The SMILES string of the molecule is NCCC1CCN(C(=O)c2ccc(Cl)cc2)CC1. The van der Waals surface area contributed by atoms with Gasteiger partial charge in [-0.1, -0.05) is 11.6 Å². The lowest BCUT2D eigenvalue weighted by atomic mass is 9.93. The first kappa shape index (κ1) is 13.4. The molecule has 4 heteroatoms. The molecule has 0 aromatic heterocycles. The molecule has 1 heterocycles. The summed E-state index contributed by atoms with van der Waals surface area (Å²) in [5, 5.41) is 0.660. The van der Waals surface area contributed by atoms with Crippen molar-refractivity contribution in [3.8, 4) is 0 Å². The second kappa shape index (κ2) is 6.21.